The van der Waals surface area contributed by atoms with Gasteiger partial charge < -0.3 is 14.8 Å². The van der Waals surface area contributed by atoms with Crippen LogP contribution in [0.15, 0.2) is 146 Å². The first kappa shape index (κ1) is 34.3. The van der Waals surface area contributed by atoms with Crippen LogP contribution in [0.5, 0.6) is 0 Å². The Balaban J connectivity index is 1.29. The lowest BCUT2D eigenvalue weighted by Crippen LogP contribution is -2.39. The summed E-state index contributed by atoms with van der Waals surface area (Å²) in [5.41, 5.74) is 5.50. The van der Waals surface area contributed by atoms with Crippen molar-refractivity contribution < 1.29 is 15.0 Å². The summed E-state index contributed by atoms with van der Waals surface area (Å²) < 4.78 is 3.59. The fourth-order valence-corrected chi connectivity index (χ4v) is 7.36. The summed E-state index contributed by atoms with van der Waals surface area (Å²) in [5, 5.41) is 34.2. The third-order valence-corrected chi connectivity index (χ3v) is 9.49. The van der Waals surface area contributed by atoms with Gasteiger partial charge in [0.2, 0.25) is 0 Å². The van der Waals surface area contributed by atoms with Crippen molar-refractivity contribution >= 4 is 5.97 Å². The number of carboxylic acids is 1. The second kappa shape index (κ2) is 14.2. The van der Waals surface area contributed by atoms with E-state index in [9.17, 15) is 15.0 Å². The molecule has 0 radical (unpaired) electrons. The number of rotatable bonds is 12. The number of hydrogen-bond donors (Lipinski definition) is 2. The molecular weight excluding hydrogens is 649 g/mol. The van der Waals surface area contributed by atoms with E-state index in [1.807, 2.05) is 109 Å². The molecule has 0 saturated heterocycles. The van der Waals surface area contributed by atoms with Crippen LogP contribution in [0.4, 0.5) is 0 Å². The molecule has 0 aliphatic rings. The molecule has 7 aromatic rings. The summed E-state index contributed by atoms with van der Waals surface area (Å²) in [5.74, 6) is -0.670. The molecule has 2 aromatic heterocycles. The molecule has 0 aliphatic carbocycles. The fourth-order valence-electron chi connectivity index (χ4n) is 7.36. The van der Waals surface area contributed by atoms with Gasteiger partial charge in [-0.2, -0.15) is 0 Å². The van der Waals surface area contributed by atoms with Crippen molar-refractivity contribution in [2.45, 2.75) is 50.8 Å². The fraction of sp³-hybridized carbons (Fsp3) is 0.186. The highest BCUT2D eigenvalue weighted by Crippen LogP contribution is 2.43. The number of tetrazole rings is 1. The number of imidazole rings is 1. The molecule has 260 valence electrons. The molecule has 9 heteroatoms. The zero-order valence-electron chi connectivity index (χ0n) is 29.3. The number of hydrogen-bond acceptors (Lipinski definition) is 6. The van der Waals surface area contributed by atoms with Crippen LogP contribution in [0.1, 0.15) is 71.5 Å². The molecule has 7 rings (SSSR count). The van der Waals surface area contributed by atoms with Crippen LogP contribution < -0.4 is 0 Å². The molecular formula is C43H40N6O3. The second-order valence-corrected chi connectivity index (χ2v) is 13.8. The third-order valence-electron chi connectivity index (χ3n) is 9.49. The lowest BCUT2D eigenvalue weighted by molar-refractivity contribution is 0.0621. The standard InChI is InChI=1S/C43H40N6O3/c1-30(27-42(2,3)52)38-39(41(50)51)48(29-44-38)28-31-23-25-32(26-24-31)36-21-13-14-22-37(36)40-45-46-47-49(40)43(33-15-7-4-8-16-33,34-17-9-5-10-18-34)35-19-11-6-12-20-35/h4-26,29-30,52H,27-28H2,1-3H3,(H,50,51). The van der Waals surface area contributed by atoms with E-state index < -0.39 is 17.1 Å². The lowest BCUT2D eigenvalue weighted by atomic mass is 9.77. The maximum absolute atomic E-state index is 12.4. The zero-order chi connectivity index (χ0) is 36.3. The van der Waals surface area contributed by atoms with Crippen LogP contribution in [0, 0.1) is 0 Å². The third kappa shape index (κ3) is 6.54. The molecule has 2 heterocycles. The maximum Gasteiger partial charge on any atom is 0.354 e. The minimum Gasteiger partial charge on any atom is -0.477 e. The summed E-state index contributed by atoms with van der Waals surface area (Å²) in [6, 6.07) is 47.1. The van der Waals surface area contributed by atoms with E-state index in [0.717, 1.165) is 38.9 Å². The van der Waals surface area contributed by atoms with Crippen molar-refractivity contribution in [2.24, 2.45) is 0 Å². The molecule has 0 bridgehead atoms. The minimum atomic E-state index is -1.05. The normalized spacial score (nSPS) is 12.5. The van der Waals surface area contributed by atoms with Gasteiger partial charge in [-0.25, -0.2) is 14.5 Å². The predicted octanol–water partition coefficient (Wildman–Crippen LogP) is 8.05. The van der Waals surface area contributed by atoms with E-state index in [-0.39, 0.29) is 11.6 Å². The molecule has 0 saturated carbocycles. The summed E-state index contributed by atoms with van der Waals surface area (Å²) >= 11 is 0. The molecule has 1 atom stereocenters. The van der Waals surface area contributed by atoms with Gasteiger partial charge in [-0.15, -0.1) is 5.10 Å². The minimum absolute atomic E-state index is 0.136. The van der Waals surface area contributed by atoms with E-state index in [0.29, 0.717) is 24.5 Å². The highest BCUT2D eigenvalue weighted by molar-refractivity contribution is 5.87. The number of benzene rings is 5. The van der Waals surface area contributed by atoms with Gasteiger partial charge in [-0.3, -0.25) is 0 Å². The summed E-state index contributed by atoms with van der Waals surface area (Å²) in [6.45, 7) is 5.65. The first-order valence-electron chi connectivity index (χ1n) is 17.3. The van der Waals surface area contributed by atoms with Crippen molar-refractivity contribution in [1.29, 1.82) is 0 Å². The van der Waals surface area contributed by atoms with Crippen LogP contribution >= 0.6 is 0 Å². The van der Waals surface area contributed by atoms with Crippen molar-refractivity contribution in [3.63, 3.8) is 0 Å². The Bertz CT molecular complexity index is 2180. The van der Waals surface area contributed by atoms with Gasteiger partial charge in [0.15, 0.2) is 11.5 Å². The van der Waals surface area contributed by atoms with Crippen LogP contribution in [-0.2, 0) is 12.1 Å². The largest absolute Gasteiger partial charge is 0.477 e. The lowest BCUT2D eigenvalue weighted by Gasteiger charge is -2.36. The van der Waals surface area contributed by atoms with E-state index in [2.05, 4.69) is 57.8 Å². The van der Waals surface area contributed by atoms with Gasteiger partial charge >= 0.3 is 5.97 Å². The Morgan fingerprint density at radius 3 is 1.77 bits per heavy atom. The smallest absolute Gasteiger partial charge is 0.354 e. The van der Waals surface area contributed by atoms with Crippen molar-refractivity contribution in [3.05, 3.63) is 179 Å². The number of carboxylic acid groups (broad SMARTS) is 1. The average Bonchev–Trinajstić information content (AvgIpc) is 3.82. The number of aromatic carboxylic acids is 1. The molecule has 0 fully saturated rings. The highest BCUT2D eigenvalue weighted by Gasteiger charge is 2.42. The molecule has 5 aromatic carbocycles. The molecule has 0 amide bonds. The van der Waals surface area contributed by atoms with Gasteiger partial charge in [0, 0.05) is 18.0 Å². The Morgan fingerprint density at radius 1 is 0.731 bits per heavy atom. The summed E-state index contributed by atoms with van der Waals surface area (Å²) in [6.07, 6.45) is 1.96. The molecule has 2 N–H and O–H groups in total. The monoisotopic (exact) mass is 688 g/mol. The number of nitrogens with zero attached hydrogens (tertiary/aromatic N) is 6. The van der Waals surface area contributed by atoms with Crippen molar-refractivity contribution in [2.75, 3.05) is 0 Å². The second-order valence-electron chi connectivity index (χ2n) is 13.8. The van der Waals surface area contributed by atoms with Gasteiger partial charge in [0.25, 0.3) is 0 Å². The zero-order valence-corrected chi connectivity index (χ0v) is 29.3. The summed E-state index contributed by atoms with van der Waals surface area (Å²) in [7, 11) is 0. The van der Waals surface area contributed by atoms with Crippen LogP contribution in [0.2, 0.25) is 0 Å². The van der Waals surface area contributed by atoms with Gasteiger partial charge in [0.05, 0.1) is 17.6 Å². The van der Waals surface area contributed by atoms with Crippen LogP contribution in [0.25, 0.3) is 22.5 Å². The average molecular weight is 689 g/mol. The van der Waals surface area contributed by atoms with Crippen molar-refractivity contribution in [3.8, 4) is 22.5 Å². The molecule has 0 spiro atoms. The van der Waals surface area contributed by atoms with Crippen LogP contribution in [0.3, 0.4) is 0 Å². The molecule has 0 aliphatic heterocycles. The number of aliphatic hydroxyl groups is 1. The summed E-state index contributed by atoms with van der Waals surface area (Å²) in [4.78, 5) is 16.8. The van der Waals surface area contributed by atoms with Gasteiger partial charge in [-0.05, 0) is 64.1 Å². The Morgan fingerprint density at radius 2 is 1.25 bits per heavy atom. The molecule has 9 nitrogen and oxygen atoms in total. The number of aromatic nitrogens is 6. The topological polar surface area (TPSA) is 119 Å². The highest BCUT2D eigenvalue weighted by atomic mass is 16.4. The number of carbonyl (C=O) groups is 1. The quantitative estimate of drug-likeness (QED) is 0.125. The first-order chi connectivity index (χ1) is 25.2. The van der Waals surface area contributed by atoms with E-state index >= 15 is 0 Å². The van der Waals surface area contributed by atoms with E-state index in [1.54, 1.807) is 24.7 Å². The van der Waals surface area contributed by atoms with E-state index in [4.69, 9.17) is 5.21 Å². The SMILES string of the molecule is CC(CC(C)(C)O)c1ncn(Cc2ccc(-c3ccccc3-c3nnnn3C(c3ccccc3)(c3ccccc3)c3ccccc3)cc2)c1C(=O)O. The molecule has 1 unspecified atom stereocenters. The van der Waals surface area contributed by atoms with Crippen LogP contribution in [-0.4, -0.2) is 51.5 Å². The Hall–Kier alpha value is -6.19. The van der Waals surface area contributed by atoms with Gasteiger partial charge in [-0.1, -0.05) is 146 Å². The first-order valence-corrected chi connectivity index (χ1v) is 17.3. The molecule has 52 heavy (non-hydrogen) atoms. The Labute approximate surface area is 302 Å². The van der Waals surface area contributed by atoms with Crippen molar-refractivity contribution in [1.82, 2.24) is 29.8 Å². The van der Waals surface area contributed by atoms with E-state index in [1.165, 1.54) is 0 Å². The van der Waals surface area contributed by atoms with Gasteiger partial charge in [0.1, 0.15) is 5.54 Å². The predicted molar refractivity (Wildman–Crippen MR) is 201 cm³/mol. The Kier molecular flexibility index (Phi) is 9.36. The maximum atomic E-state index is 12.4.